The van der Waals surface area contributed by atoms with E-state index in [9.17, 15) is 5.11 Å². The van der Waals surface area contributed by atoms with Crippen molar-refractivity contribution in [2.75, 3.05) is 20.1 Å². The molecule has 0 bridgehead atoms. The highest BCUT2D eigenvalue weighted by Crippen LogP contribution is 2.19. The number of hydrogen-bond donors (Lipinski definition) is 2. The first-order valence-corrected chi connectivity index (χ1v) is 5.95. The highest BCUT2D eigenvalue weighted by atomic mass is 16.3. The molecule has 0 spiro atoms. The molecule has 3 nitrogen and oxygen atoms in total. The van der Waals surface area contributed by atoms with E-state index < -0.39 is 0 Å². The molecule has 16 heavy (non-hydrogen) atoms. The smallest absolute Gasteiger partial charge is 0.120 e. The predicted molar refractivity (Wildman–Crippen MR) is 65.5 cm³/mol. The Morgan fingerprint density at radius 3 is 2.94 bits per heavy atom. The fourth-order valence-electron chi connectivity index (χ4n) is 2.25. The molecule has 0 aromatic heterocycles. The zero-order valence-corrected chi connectivity index (χ0v) is 9.82. The molecule has 0 amide bonds. The van der Waals surface area contributed by atoms with Crippen molar-refractivity contribution in [2.45, 2.75) is 25.4 Å². The van der Waals surface area contributed by atoms with Gasteiger partial charge in [-0.3, -0.25) is 4.90 Å². The molecule has 1 unspecified atom stereocenters. The van der Waals surface area contributed by atoms with E-state index in [4.69, 9.17) is 0 Å². The third kappa shape index (κ3) is 2.74. The van der Waals surface area contributed by atoms with Crippen LogP contribution in [0.4, 0.5) is 0 Å². The Morgan fingerprint density at radius 1 is 1.44 bits per heavy atom. The Balaban J connectivity index is 1.96. The summed E-state index contributed by atoms with van der Waals surface area (Å²) in [5.41, 5.74) is 1.01. The highest BCUT2D eigenvalue weighted by molar-refractivity contribution is 5.31. The fraction of sp³-hybridized carbons (Fsp3) is 0.538. The molecule has 1 aromatic rings. The maximum absolute atomic E-state index is 9.72. The van der Waals surface area contributed by atoms with Crippen molar-refractivity contribution in [3.8, 4) is 5.75 Å². The van der Waals surface area contributed by atoms with Crippen LogP contribution in [0.1, 0.15) is 18.4 Å². The normalized spacial score (nSPS) is 21.2. The Labute approximate surface area is 97.1 Å². The second-order valence-electron chi connectivity index (χ2n) is 4.54. The number of benzene rings is 1. The van der Waals surface area contributed by atoms with Crippen molar-refractivity contribution in [1.82, 2.24) is 10.2 Å². The van der Waals surface area contributed by atoms with Gasteiger partial charge in [0.2, 0.25) is 0 Å². The van der Waals surface area contributed by atoms with E-state index in [1.54, 1.807) is 6.07 Å². The van der Waals surface area contributed by atoms with Crippen LogP contribution in [0.15, 0.2) is 24.3 Å². The fourth-order valence-corrected chi connectivity index (χ4v) is 2.25. The summed E-state index contributed by atoms with van der Waals surface area (Å²) in [6, 6.07) is 8.17. The summed E-state index contributed by atoms with van der Waals surface area (Å²) in [7, 11) is 2.13. The summed E-state index contributed by atoms with van der Waals surface area (Å²) in [4.78, 5) is 2.32. The average molecular weight is 220 g/mol. The SMILES string of the molecule is CN(Cc1ccccc1O)C1CCCNC1. The lowest BCUT2D eigenvalue weighted by Crippen LogP contribution is -2.43. The zero-order chi connectivity index (χ0) is 11.4. The summed E-state index contributed by atoms with van der Waals surface area (Å²) < 4.78 is 0. The summed E-state index contributed by atoms with van der Waals surface area (Å²) in [6.45, 7) is 3.02. The van der Waals surface area contributed by atoms with Crippen LogP contribution >= 0.6 is 0 Å². The standard InChI is InChI=1S/C13H20N2O/c1-15(12-6-4-8-14-9-12)10-11-5-2-3-7-13(11)16/h2-3,5,7,12,14,16H,4,6,8-10H2,1H3. The molecule has 2 rings (SSSR count). The van der Waals surface area contributed by atoms with Crippen LogP contribution in [0.3, 0.4) is 0 Å². The Kier molecular flexibility index (Phi) is 3.80. The largest absolute Gasteiger partial charge is 0.508 e. The van der Waals surface area contributed by atoms with E-state index >= 15 is 0 Å². The van der Waals surface area contributed by atoms with Crippen LogP contribution in [0.25, 0.3) is 0 Å². The second kappa shape index (κ2) is 5.32. The summed E-state index contributed by atoms with van der Waals surface area (Å²) >= 11 is 0. The molecule has 0 aliphatic carbocycles. The first-order valence-electron chi connectivity index (χ1n) is 5.95. The van der Waals surface area contributed by atoms with Crippen molar-refractivity contribution in [3.63, 3.8) is 0 Å². The Hall–Kier alpha value is -1.06. The molecule has 1 atom stereocenters. The Bertz CT molecular complexity index is 334. The van der Waals surface area contributed by atoms with Gasteiger partial charge in [-0.05, 0) is 32.5 Å². The van der Waals surface area contributed by atoms with E-state index in [-0.39, 0.29) is 0 Å². The van der Waals surface area contributed by atoms with Gasteiger partial charge in [0.05, 0.1) is 0 Å². The van der Waals surface area contributed by atoms with Crippen LogP contribution in [-0.4, -0.2) is 36.2 Å². The molecular formula is C13H20N2O. The highest BCUT2D eigenvalue weighted by Gasteiger charge is 2.18. The molecule has 1 heterocycles. The van der Waals surface area contributed by atoms with Gasteiger partial charge in [-0.1, -0.05) is 18.2 Å². The van der Waals surface area contributed by atoms with Crippen molar-refractivity contribution in [3.05, 3.63) is 29.8 Å². The van der Waals surface area contributed by atoms with Gasteiger partial charge in [0, 0.05) is 24.7 Å². The molecule has 2 N–H and O–H groups in total. The minimum atomic E-state index is 0.401. The number of para-hydroxylation sites is 1. The minimum Gasteiger partial charge on any atom is -0.508 e. The number of nitrogens with one attached hydrogen (secondary N) is 1. The summed E-state index contributed by atoms with van der Waals surface area (Å²) in [5.74, 6) is 0.401. The van der Waals surface area contributed by atoms with Crippen LogP contribution in [0.2, 0.25) is 0 Å². The van der Waals surface area contributed by atoms with Gasteiger partial charge in [-0.25, -0.2) is 0 Å². The summed E-state index contributed by atoms with van der Waals surface area (Å²) in [6.07, 6.45) is 2.49. The monoisotopic (exact) mass is 220 g/mol. The van der Waals surface area contributed by atoms with Gasteiger partial charge in [-0.15, -0.1) is 0 Å². The van der Waals surface area contributed by atoms with E-state index in [0.29, 0.717) is 11.8 Å². The quantitative estimate of drug-likeness (QED) is 0.811. The molecule has 88 valence electrons. The number of aromatic hydroxyl groups is 1. The molecule has 1 aromatic carbocycles. The molecule has 3 heteroatoms. The third-order valence-electron chi connectivity index (χ3n) is 3.31. The van der Waals surface area contributed by atoms with Crippen molar-refractivity contribution in [1.29, 1.82) is 0 Å². The molecule has 1 saturated heterocycles. The number of hydrogen-bond acceptors (Lipinski definition) is 3. The van der Waals surface area contributed by atoms with E-state index in [1.165, 1.54) is 12.8 Å². The van der Waals surface area contributed by atoms with Gasteiger partial charge in [0.1, 0.15) is 5.75 Å². The van der Waals surface area contributed by atoms with Crippen LogP contribution in [-0.2, 0) is 6.54 Å². The number of nitrogens with zero attached hydrogens (tertiary/aromatic N) is 1. The van der Waals surface area contributed by atoms with Crippen molar-refractivity contribution < 1.29 is 5.11 Å². The predicted octanol–water partition coefficient (Wildman–Crippen LogP) is 1.58. The first kappa shape index (κ1) is 11.4. The van der Waals surface area contributed by atoms with Gasteiger partial charge in [0.15, 0.2) is 0 Å². The molecule has 0 radical (unpaired) electrons. The van der Waals surface area contributed by atoms with Gasteiger partial charge in [-0.2, -0.15) is 0 Å². The van der Waals surface area contributed by atoms with E-state index in [0.717, 1.165) is 25.2 Å². The van der Waals surface area contributed by atoms with Gasteiger partial charge in [0.25, 0.3) is 0 Å². The molecule has 0 saturated carbocycles. The number of likely N-dealkylation sites (N-methyl/N-ethyl adjacent to an activating group) is 1. The topological polar surface area (TPSA) is 35.5 Å². The molecule has 1 aliphatic rings. The maximum Gasteiger partial charge on any atom is 0.120 e. The average Bonchev–Trinajstić information content (AvgIpc) is 2.33. The molecular weight excluding hydrogens is 200 g/mol. The van der Waals surface area contributed by atoms with Crippen LogP contribution in [0.5, 0.6) is 5.75 Å². The minimum absolute atomic E-state index is 0.401. The van der Waals surface area contributed by atoms with Crippen LogP contribution in [0, 0.1) is 0 Å². The van der Waals surface area contributed by atoms with E-state index in [2.05, 4.69) is 17.3 Å². The zero-order valence-electron chi connectivity index (χ0n) is 9.82. The molecule has 1 aliphatic heterocycles. The van der Waals surface area contributed by atoms with E-state index in [1.807, 2.05) is 18.2 Å². The van der Waals surface area contributed by atoms with Gasteiger partial charge < -0.3 is 10.4 Å². The Morgan fingerprint density at radius 2 is 2.25 bits per heavy atom. The van der Waals surface area contributed by atoms with Crippen molar-refractivity contribution >= 4 is 0 Å². The lowest BCUT2D eigenvalue weighted by molar-refractivity contribution is 0.194. The first-order chi connectivity index (χ1) is 7.77. The lowest BCUT2D eigenvalue weighted by Gasteiger charge is -2.31. The second-order valence-corrected chi connectivity index (χ2v) is 4.54. The number of phenols is 1. The molecule has 1 fully saturated rings. The maximum atomic E-state index is 9.72. The number of piperidine rings is 1. The lowest BCUT2D eigenvalue weighted by atomic mass is 10.1. The van der Waals surface area contributed by atoms with Crippen molar-refractivity contribution in [2.24, 2.45) is 0 Å². The summed E-state index contributed by atoms with van der Waals surface area (Å²) in [5, 5.41) is 13.1. The number of rotatable bonds is 3. The van der Waals surface area contributed by atoms with Gasteiger partial charge >= 0.3 is 0 Å². The number of phenolic OH excluding ortho intramolecular Hbond substituents is 1. The van der Waals surface area contributed by atoms with Crippen LogP contribution < -0.4 is 5.32 Å². The third-order valence-corrected chi connectivity index (χ3v) is 3.31.